The quantitative estimate of drug-likeness (QED) is 0.550. The summed E-state index contributed by atoms with van der Waals surface area (Å²) >= 11 is 0. The number of amides is 2. The van der Waals surface area contributed by atoms with Gasteiger partial charge in [0.05, 0.1) is 7.11 Å². The van der Waals surface area contributed by atoms with Gasteiger partial charge in [0.2, 0.25) is 11.8 Å². The Kier molecular flexibility index (Phi) is 7.70. The molecule has 3 atom stereocenters. The summed E-state index contributed by atoms with van der Waals surface area (Å²) in [6.07, 6.45) is 2.01. The van der Waals surface area contributed by atoms with Crippen molar-refractivity contribution in [3.8, 4) is 11.5 Å². The number of hydrogen-bond acceptors (Lipinski definition) is 6. The number of ether oxygens (including phenoxy) is 1. The summed E-state index contributed by atoms with van der Waals surface area (Å²) in [5, 5.41) is 15.6. The van der Waals surface area contributed by atoms with Crippen LogP contribution in [0.1, 0.15) is 30.4 Å². The Morgan fingerprint density at radius 3 is 2.56 bits per heavy atom. The predicted molar refractivity (Wildman–Crippen MR) is 129 cm³/mol. The lowest BCUT2D eigenvalue weighted by atomic mass is 10.0. The molecule has 0 saturated carbocycles. The van der Waals surface area contributed by atoms with E-state index in [0.29, 0.717) is 32.5 Å². The van der Waals surface area contributed by atoms with E-state index in [2.05, 4.69) is 27.5 Å². The molecule has 8 heteroatoms. The van der Waals surface area contributed by atoms with Crippen LogP contribution in [0.3, 0.4) is 0 Å². The van der Waals surface area contributed by atoms with E-state index < -0.39 is 0 Å². The van der Waals surface area contributed by atoms with Crippen molar-refractivity contribution in [3.05, 3.63) is 59.7 Å². The fourth-order valence-electron chi connectivity index (χ4n) is 4.99. The van der Waals surface area contributed by atoms with Gasteiger partial charge in [-0.15, -0.1) is 0 Å². The predicted octanol–water partition coefficient (Wildman–Crippen LogP) is 1.87. The minimum atomic E-state index is -0.215. The first-order valence-corrected chi connectivity index (χ1v) is 11.9. The molecule has 8 nitrogen and oxygen atoms in total. The number of likely N-dealkylation sites (N-methyl/N-ethyl adjacent to an activating group) is 1. The number of benzene rings is 2. The molecule has 2 saturated heterocycles. The summed E-state index contributed by atoms with van der Waals surface area (Å²) < 4.78 is 5.16. The molecule has 0 aromatic heterocycles. The molecule has 0 aliphatic carbocycles. The Labute approximate surface area is 200 Å². The van der Waals surface area contributed by atoms with Crippen LogP contribution in [0.5, 0.6) is 11.5 Å². The lowest BCUT2D eigenvalue weighted by Crippen LogP contribution is -2.49. The van der Waals surface area contributed by atoms with Gasteiger partial charge in [-0.3, -0.25) is 19.4 Å². The fourth-order valence-corrected chi connectivity index (χ4v) is 4.99. The molecule has 3 N–H and O–H groups in total. The molecular weight excluding hydrogens is 432 g/mol. The molecule has 34 heavy (non-hydrogen) atoms. The first-order chi connectivity index (χ1) is 16.4. The Morgan fingerprint density at radius 1 is 1.15 bits per heavy atom. The average Bonchev–Trinajstić information content (AvgIpc) is 3.22. The van der Waals surface area contributed by atoms with Crippen molar-refractivity contribution < 1.29 is 19.4 Å². The SMILES string of the molecule is COc1ccc(CNC(=O)CC[C@H]2CNC(=O)[C@@H]3[C@H](CCN3Cc3ccc(O)cc3)N2C)cc1. The van der Waals surface area contributed by atoms with E-state index in [4.69, 9.17) is 4.74 Å². The number of hydrogen-bond donors (Lipinski definition) is 3. The normalized spacial score (nSPS) is 23.1. The highest BCUT2D eigenvalue weighted by atomic mass is 16.5. The van der Waals surface area contributed by atoms with Crippen LogP contribution < -0.4 is 15.4 Å². The van der Waals surface area contributed by atoms with Crippen LogP contribution in [-0.4, -0.2) is 72.1 Å². The van der Waals surface area contributed by atoms with Gasteiger partial charge in [-0.25, -0.2) is 0 Å². The third-order valence-electron chi connectivity index (χ3n) is 7.02. The van der Waals surface area contributed by atoms with Crippen LogP contribution >= 0.6 is 0 Å². The lowest BCUT2D eigenvalue weighted by molar-refractivity contribution is -0.126. The summed E-state index contributed by atoms with van der Waals surface area (Å²) in [5.41, 5.74) is 2.10. The van der Waals surface area contributed by atoms with Crippen molar-refractivity contribution in [3.63, 3.8) is 0 Å². The fraction of sp³-hybridized carbons (Fsp3) is 0.462. The van der Waals surface area contributed by atoms with Crippen LogP contribution in [0, 0.1) is 0 Å². The maximum Gasteiger partial charge on any atom is 0.239 e. The molecule has 2 aliphatic heterocycles. The molecule has 0 bridgehead atoms. The van der Waals surface area contributed by atoms with Crippen LogP contribution in [0.25, 0.3) is 0 Å². The maximum absolute atomic E-state index is 13.0. The van der Waals surface area contributed by atoms with Crippen molar-refractivity contribution in [2.75, 3.05) is 27.2 Å². The number of methoxy groups -OCH3 is 1. The van der Waals surface area contributed by atoms with E-state index in [-0.39, 0.29) is 35.7 Å². The number of carbonyl (C=O) groups excluding carboxylic acids is 2. The third kappa shape index (κ3) is 5.69. The number of fused-ring (bicyclic) bond motifs is 1. The second kappa shape index (κ2) is 10.9. The molecule has 0 spiro atoms. The van der Waals surface area contributed by atoms with Gasteiger partial charge in [0.25, 0.3) is 0 Å². The smallest absolute Gasteiger partial charge is 0.239 e. The summed E-state index contributed by atoms with van der Waals surface area (Å²) in [6, 6.07) is 14.8. The van der Waals surface area contributed by atoms with Gasteiger partial charge < -0.3 is 20.5 Å². The van der Waals surface area contributed by atoms with Crippen LogP contribution in [0.15, 0.2) is 48.5 Å². The van der Waals surface area contributed by atoms with Crippen LogP contribution in [-0.2, 0) is 22.7 Å². The van der Waals surface area contributed by atoms with E-state index in [9.17, 15) is 14.7 Å². The second-order valence-corrected chi connectivity index (χ2v) is 9.17. The number of likely N-dealkylation sites (tertiary alicyclic amines) is 1. The molecule has 2 aliphatic rings. The standard InChI is InChI=1S/C26H34N4O4/c1-29-20(7-12-24(32)27-15-18-5-10-22(34-2)11-6-18)16-28-26(33)25-23(29)13-14-30(25)17-19-3-8-21(31)9-4-19/h3-6,8-11,20,23,25,31H,7,12-17H2,1-2H3,(H,27,32)(H,28,33)/t20-,23-,25-/m0/s1. The van der Waals surface area contributed by atoms with Crippen LogP contribution in [0.2, 0.25) is 0 Å². The summed E-state index contributed by atoms with van der Waals surface area (Å²) in [7, 11) is 3.70. The zero-order valence-corrected chi connectivity index (χ0v) is 19.9. The first-order valence-electron chi connectivity index (χ1n) is 11.9. The Morgan fingerprint density at radius 2 is 1.85 bits per heavy atom. The number of nitrogens with zero attached hydrogens (tertiary/aromatic N) is 2. The number of carbonyl (C=O) groups is 2. The maximum atomic E-state index is 13.0. The van der Waals surface area contributed by atoms with Crippen molar-refractivity contribution in [1.82, 2.24) is 20.4 Å². The topological polar surface area (TPSA) is 94.1 Å². The van der Waals surface area contributed by atoms with Crippen molar-refractivity contribution in [2.45, 2.75) is 50.5 Å². The largest absolute Gasteiger partial charge is 0.508 e. The summed E-state index contributed by atoms with van der Waals surface area (Å²) in [4.78, 5) is 30.0. The first kappa shape index (κ1) is 24.0. The molecule has 0 unspecified atom stereocenters. The second-order valence-electron chi connectivity index (χ2n) is 9.17. The number of nitrogens with one attached hydrogen (secondary N) is 2. The molecule has 2 fully saturated rings. The van der Waals surface area contributed by atoms with E-state index >= 15 is 0 Å². The third-order valence-corrected chi connectivity index (χ3v) is 7.02. The average molecular weight is 467 g/mol. The van der Waals surface area contributed by atoms with E-state index in [1.54, 1.807) is 19.2 Å². The zero-order valence-electron chi connectivity index (χ0n) is 19.9. The minimum Gasteiger partial charge on any atom is -0.508 e. The van der Waals surface area contributed by atoms with Gasteiger partial charge in [0.15, 0.2) is 0 Å². The van der Waals surface area contributed by atoms with Crippen molar-refractivity contribution >= 4 is 11.8 Å². The molecule has 182 valence electrons. The van der Waals surface area contributed by atoms with Gasteiger partial charge in [-0.05, 0) is 55.3 Å². The molecule has 2 aromatic carbocycles. The van der Waals surface area contributed by atoms with Gasteiger partial charge in [0.1, 0.15) is 17.5 Å². The lowest BCUT2D eigenvalue weighted by Gasteiger charge is -2.33. The molecule has 2 aromatic rings. The minimum absolute atomic E-state index is 0.0109. The number of phenolic OH excluding ortho intramolecular Hbond substituents is 1. The van der Waals surface area contributed by atoms with E-state index in [0.717, 1.165) is 29.8 Å². The highest BCUT2D eigenvalue weighted by Crippen LogP contribution is 2.28. The Bertz CT molecular complexity index is 979. The Balaban J connectivity index is 1.30. The van der Waals surface area contributed by atoms with Crippen molar-refractivity contribution in [2.24, 2.45) is 0 Å². The molecule has 2 heterocycles. The monoisotopic (exact) mass is 466 g/mol. The number of phenols is 1. The summed E-state index contributed by atoms with van der Waals surface area (Å²) in [5.74, 6) is 1.10. The Hall–Kier alpha value is -3.10. The highest BCUT2D eigenvalue weighted by molar-refractivity contribution is 5.83. The van der Waals surface area contributed by atoms with Gasteiger partial charge in [-0.2, -0.15) is 0 Å². The van der Waals surface area contributed by atoms with Gasteiger partial charge in [0, 0.05) is 44.7 Å². The summed E-state index contributed by atoms with van der Waals surface area (Å²) in [6.45, 7) is 2.53. The zero-order chi connectivity index (χ0) is 24.1. The molecular formula is C26H34N4O4. The van der Waals surface area contributed by atoms with E-state index in [1.165, 1.54) is 0 Å². The molecule has 0 radical (unpaired) electrons. The van der Waals surface area contributed by atoms with Gasteiger partial charge >= 0.3 is 0 Å². The highest BCUT2D eigenvalue weighted by Gasteiger charge is 2.44. The molecule has 4 rings (SSSR count). The number of aromatic hydroxyl groups is 1. The van der Waals surface area contributed by atoms with Gasteiger partial charge in [-0.1, -0.05) is 24.3 Å². The van der Waals surface area contributed by atoms with Crippen LogP contribution in [0.4, 0.5) is 0 Å². The molecule has 2 amide bonds. The van der Waals surface area contributed by atoms with E-state index in [1.807, 2.05) is 36.4 Å². The van der Waals surface area contributed by atoms with Crippen molar-refractivity contribution in [1.29, 1.82) is 0 Å². The number of rotatable bonds is 8.